The Labute approximate surface area is 125 Å². The van der Waals surface area contributed by atoms with Crippen LogP contribution in [0.15, 0.2) is 22.7 Å². The van der Waals surface area contributed by atoms with E-state index in [1.54, 1.807) is 0 Å². The van der Waals surface area contributed by atoms with Crippen molar-refractivity contribution in [2.45, 2.75) is 31.0 Å². The van der Waals surface area contributed by atoms with Crippen LogP contribution in [0.4, 0.5) is 4.79 Å². The molecule has 1 saturated heterocycles. The third-order valence-corrected chi connectivity index (χ3v) is 4.87. The molecule has 2 N–H and O–H groups in total. The van der Waals surface area contributed by atoms with E-state index in [0.717, 1.165) is 10.0 Å². The number of amides is 1. The van der Waals surface area contributed by atoms with Crippen LogP contribution in [0.3, 0.4) is 0 Å². The van der Waals surface area contributed by atoms with Crippen LogP contribution >= 0.6 is 15.9 Å². The number of benzene rings is 1. The number of hydrogen-bond acceptors (Lipinski definition) is 3. The number of fused-ring (bicyclic) bond motifs is 1. The van der Waals surface area contributed by atoms with E-state index in [1.165, 1.54) is 4.90 Å². The molecule has 1 amide bonds. The van der Waals surface area contributed by atoms with Crippen LogP contribution in [-0.4, -0.2) is 39.9 Å². The van der Waals surface area contributed by atoms with Gasteiger partial charge in [0.05, 0.1) is 6.10 Å². The van der Waals surface area contributed by atoms with Crippen LogP contribution in [-0.2, 0) is 0 Å². The normalized spacial score (nSPS) is 24.1. The summed E-state index contributed by atoms with van der Waals surface area (Å²) >= 11 is 3.44. The van der Waals surface area contributed by atoms with Crippen molar-refractivity contribution in [3.8, 4) is 5.75 Å². The lowest BCUT2D eigenvalue weighted by Crippen LogP contribution is -2.51. The number of halogens is 1. The van der Waals surface area contributed by atoms with Crippen LogP contribution < -0.4 is 4.74 Å². The summed E-state index contributed by atoms with van der Waals surface area (Å²) in [5, 5.41) is 19.4. The molecule has 1 unspecified atom stereocenters. The van der Waals surface area contributed by atoms with Gasteiger partial charge in [0.2, 0.25) is 0 Å². The van der Waals surface area contributed by atoms with Crippen molar-refractivity contribution < 1.29 is 19.7 Å². The fourth-order valence-electron chi connectivity index (χ4n) is 3.07. The third kappa shape index (κ3) is 2.27. The van der Waals surface area contributed by atoms with Crippen molar-refractivity contribution in [2.24, 2.45) is 0 Å². The van der Waals surface area contributed by atoms with E-state index in [-0.39, 0.29) is 0 Å². The van der Waals surface area contributed by atoms with Crippen molar-refractivity contribution in [3.63, 3.8) is 0 Å². The highest BCUT2D eigenvalue weighted by atomic mass is 79.9. The van der Waals surface area contributed by atoms with Crippen LogP contribution in [0.25, 0.3) is 0 Å². The Hall–Kier alpha value is -1.27. The molecular formula is C14H16BrNO4. The highest BCUT2D eigenvalue weighted by Crippen LogP contribution is 2.46. The zero-order chi connectivity index (χ0) is 14.3. The van der Waals surface area contributed by atoms with Gasteiger partial charge in [-0.2, -0.15) is 0 Å². The van der Waals surface area contributed by atoms with Gasteiger partial charge >= 0.3 is 6.09 Å². The lowest BCUT2D eigenvalue weighted by molar-refractivity contribution is -0.0505. The number of likely N-dealkylation sites (tertiary alicyclic amines) is 1. The van der Waals surface area contributed by atoms with Crippen molar-refractivity contribution in [1.29, 1.82) is 0 Å². The summed E-state index contributed by atoms with van der Waals surface area (Å²) < 4.78 is 6.98. The zero-order valence-electron chi connectivity index (χ0n) is 10.9. The maximum Gasteiger partial charge on any atom is 0.407 e. The van der Waals surface area contributed by atoms with Gasteiger partial charge in [-0.05, 0) is 12.1 Å². The second kappa shape index (κ2) is 4.93. The number of aliphatic hydroxyl groups excluding tert-OH is 1. The first-order valence-electron chi connectivity index (χ1n) is 6.64. The molecule has 108 valence electrons. The Balaban J connectivity index is 1.84. The fraction of sp³-hybridized carbons (Fsp3) is 0.500. The van der Waals surface area contributed by atoms with Crippen molar-refractivity contribution >= 4 is 22.0 Å². The second-order valence-electron chi connectivity index (χ2n) is 5.43. The molecule has 1 atom stereocenters. The van der Waals surface area contributed by atoms with Gasteiger partial charge in [0, 0.05) is 42.4 Å². The number of rotatable bonds is 0. The lowest BCUT2D eigenvalue weighted by Gasteiger charge is -2.45. The van der Waals surface area contributed by atoms with E-state index in [0.29, 0.717) is 38.1 Å². The van der Waals surface area contributed by atoms with E-state index >= 15 is 0 Å². The van der Waals surface area contributed by atoms with Gasteiger partial charge in [0.15, 0.2) is 0 Å². The van der Waals surface area contributed by atoms with E-state index < -0.39 is 17.8 Å². The summed E-state index contributed by atoms with van der Waals surface area (Å²) in [6.07, 6.45) is 0.269. The minimum Gasteiger partial charge on any atom is -0.487 e. The molecule has 6 heteroatoms. The molecule has 1 fully saturated rings. The fourth-order valence-corrected chi connectivity index (χ4v) is 3.68. The molecule has 5 nitrogen and oxygen atoms in total. The highest BCUT2D eigenvalue weighted by Gasteiger charge is 2.44. The molecule has 2 aliphatic heterocycles. The largest absolute Gasteiger partial charge is 0.487 e. The lowest BCUT2D eigenvalue weighted by atomic mass is 9.82. The van der Waals surface area contributed by atoms with Gasteiger partial charge in [-0.3, -0.25) is 0 Å². The topological polar surface area (TPSA) is 70.0 Å². The van der Waals surface area contributed by atoms with E-state index in [2.05, 4.69) is 15.9 Å². The second-order valence-corrected chi connectivity index (χ2v) is 6.28. The number of nitrogens with zero attached hydrogens (tertiary/aromatic N) is 1. The summed E-state index contributed by atoms with van der Waals surface area (Å²) in [5.74, 6) is 0.696. The predicted octanol–water partition coefficient (Wildman–Crippen LogP) is 2.78. The quantitative estimate of drug-likeness (QED) is 0.761. The van der Waals surface area contributed by atoms with Gasteiger partial charge in [0.1, 0.15) is 11.4 Å². The Morgan fingerprint density at radius 3 is 2.75 bits per heavy atom. The van der Waals surface area contributed by atoms with Gasteiger partial charge < -0.3 is 19.8 Å². The molecule has 0 radical (unpaired) electrons. The molecule has 1 aromatic rings. The van der Waals surface area contributed by atoms with E-state index in [9.17, 15) is 9.90 Å². The molecule has 1 aromatic carbocycles. The first kappa shape index (κ1) is 13.7. The van der Waals surface area contributed by atoms with Gasteiger partial charge in [0.25, 0.3) is 0 Å². The minimum atomic E-state index is -0.889. The Morgan fingerprint density at radius 1 is 1.40 bits per heavy atom. The molecule has 0 saturated carbocycles. The zero-order valence-corrected chi connectivity index (χ0v) is 12.5. The first-order chi connectivity index (χ1) is 9.51. The third-order valence-electron chi connectivity index (χ3n) is 4.18. The van der Waals surface area contributed by atoms with Crippen molar-refractivity contribution in [2.75, 3.05) is 13.1 Å². The number of aliphatic hydroxyl groups is 1. The van der Waals surface area contributed by atoms with Crippen molar-refractivity contribution in [1.82, 2.24) is 4.90 Å². The Morgan fingerprint density at radius 2 is 2.10 bits per heavy atom. The van der Waals surface area contributed by atoms with Gasteiger partial charge in [-0.15, -0.1) is 0 Å². The molecule has 1 spiro atoms. The minimum absolute atomic E-state index is 0.445. The summed E-state index contributed by atoms with van der Waals surface area (Å²) in [7, 11) is 0. The molecule has 20 heavy (non-hydrogen) atoms. The molecule has 0 aromatic heterocycles. The number of carbonyl (C=O) groups is 1. The molecule has 0 aliphatic carbocycles. The first-order valence-corrected chi connectivity index (χ1v) is 7.43. The summed E-state index contributed by atoms with van der Waals surface area (Å²) in [6.45, 7) is 0.900. The SMILES string of the molecule is O=C(O)N1CCC2(CC1)CC(O)c1c(Br)cccc1O2. The number of ether oxygens (including phenoxy) is 1. The summed E-state index contributed by atoms with van der Waals surface area (Å²) in [5.41, 5.74) is 0.345. The molecular weight excluding hydrogens is 326 g/mol. The van der Waals surface area contributed by atoms with Gasteiger partial charge in [-0.1, -0.05) is 22.0 Å². The highest BCUT2D eigenvalue weighted by molar-refractivity contribution is 9.10. The Bertz CT molecular complexity index is 540. The predicted molar refractivity (Wildman–Crippen MR) is 75.9 cm³/mol. The monoisotopic (exact) mass is 341 g/mol. The smallest absolute Gasteiger partial charge is 0.407 e. The van der Waals surface area contributed by atoms with Crippen LogP contribution in [0.1, 0.15) is 30.9 Å². The molecule has 0 bridgehead atoms. The Kier molecular flexibility index (Phi) is 3.38. The summed E-state index contributed by atoms with van der Waals surface area (Å²) in [6, 6.07) is 5.62. The van der Waals surface area contributed by atoms with Crippen LogP contribution in [0, 0.1) is 0 Å². The molecule has 3 rings (SSSR count). The number of carboxylic acid groups (broad SMARTS) is 1. The van der Waals surface area contributed by atoms with Crippen molar-refractivity contribution in [3.05, 3.63) is 28.2 Å². The average Bonchev–Trinajstić information content (AvgIpc) is 2.38. The number of piperidine rings is 1. The van der Waals surface area contributed by atoms with Crippen LogP contribution in [0.5, 0.6) is 5.75 Å². The van der Waals surface area contributed by atoms with Gasteiger partial charge in [-0.25, -0.2) is 4.79 Å². The summed E-state index contributed by atoms with van der Waals surface area (Å²) in [4.78, 5) is 12.4. The number of hydrogen-bond donors (Lipinski definition) is 2. The van der Waals surface area contributed by atoms with E-state index in [4.69, 9.17) is 9.84 Å². The standard InChI is InChI=1S/C14H16BrNO4/c15-9-2-1-3-11-12(9)10(17)8-14(20-11)4-6-16(7-5-14)13(18)19/h1-3,10,17H,4-8H2,(H,18,19). The van der Waals surface area contributed by atoms with Crippen LogP contribution in [0.2, 0.25) is 0 Å². The van der Waals surface area contributed by atoms with E-state index in [1.807, 2.05) is 18.2 Å². The maximum atomic E-state index is 11.0. The average molecular weight is 342 g/mol. The maximum absolute atomic E-state index is 11.0. The molecule has 2 aliphatic rings. The molecule has 2 heterocycles.